The molecule has 14 N–H and O–H groups in total. The molecule has 2 aromatic rings. The normalized spacial score (nSPS) is 20.7. The van der Waals surface area contributed by atoms with Crippen LogP contribution in [0.2, 0.25) is 0 Å². The number of nitrogens with zero attached hydrogens (tertiary/aromatic N) is 4. The van der Waals surface area contributed by atoms with E-state index in [4.69, 9.17) is 11.5 Å². The van der Waals surface area contributed by atoms with Gasteiger partial charge in [-0.05, 0) is 113 Å². The van der Waals surface area contributed by atoms with E-state index in [2.05, 4.69) is 47.9 Å². The molecule has 31 heteroatoms. The molecule has 31 nitrogen and oxygen atoms in total. The number of carbonyl (C=O) groups excluding carboxylic acids is 14. The van der Waals surface area contributed by atoms with E-state index in [1.807, 2.05) is 13.8 Å². The van der Waals surface area contributed by atoms with Gasteiger partial charge in [0.2, 0.25) is 82.7 Å². The maximum atomic E-state index is 14.7. The van der Waals surface area contributed by atoms with Crippen LogP contribution in [0.4, 0.5) is 0 Å². The van der Waals surface area contributed by atoms with Gasteiger partial charge in [0, 0.05) is 51.9 Å². The SMILES string of the molecule is CC(C)C[C@H](NC(=O)[C@@H](NC(=O)[C@@H]1CCCN1)C(C)C)C(=O)N[C@@H](Cc1ccccc1)C(=O)N1CCC[C@H]1C(=O)NCC(=O)N[C@@H](CCC(N)=O)C(=O)N1CCC[C@H]1C(=O)N[C@@H](Cc1ccccc1)C(=O)NCC(=O)N[C@@H](CCC(N)=O)C(=O)N1CCC[C@H]1C(=O)N1CCC[C@H]1C(=O)O. The number of carbonyl (C=O) groups is 15. The lowest BCUT2D eigenvalue weighted by atomic mass is 9.98. The van der Waals surface area contributed by atoms with Gasteiger partial charge in [-0.25, -0.2) is 4.79 Å². The fraction of sp³-hybridized carbons (Fsp3) is 0.603. The highest BCUT2D eigenvalue weighted by Crippen LogP contribution is 2.27. The second kappa shape index (κ2) is 36.9. The number of amides is 14. The summed E-state index contributed by atoms with van der Waals surface area (Å²) in [6.45, 7) is 6.96. The number of primary amides is 2. The molecule has 2 aromatic carbocycles. The number of carboxylic acids is 1. The first kappa shape index (κ1) is 76.8. The third-order valence-electron chi connectivity index (χ3n) is 18.6. The van der Waals surface area contributed by atoms with E-state index in [-0.39, 0.29) is 115 Å². The fourth-order valence-electron chi connectivity index (χ4n) is 13.4. The Hall–Kier alpha value is -9.55. The van der Waals surface area contributed by atoms with E-state index in [0.717, 1.165) is 6.42 Å². The Kier molecular flexibility index (Phi) is 28.6. The molecule has 0 spiro atoms. The predicted octanol–water partition coefficient (Wildman–Crippen LogP) is -2.35. The van der Waals surface area contributed by atoms with Gasteiger partial charge in [0.25, 0.3) is 0 Å². The standard InChI is InChI=1S/C68H97N15O16/c1-39(2)34-46(77-63(93)57(40(3)4)79-59(89)43-20-11-29-71-43)60(90)78-48(36-42-18-9-6-10-19-42)66(96)80-30-12-21-49(80)61(91)73-38-56(87)74-44(25-27-53(69)84)64(94)81-31-13-22-50(81)62(92)76-47(35-41-16-7-5-8-17-41)58(88)72-37-55(86)75-45(26-28-54(70)85)65(95)82-32-14-23-51(82)67(97)83-33-15-24-52(83)68(98)99/h5-10,16-19,39-40,43-52,57,71H,11-15,20-38H2,1-4H3,(H2,69,84)(H2,70,85)(H,72,88)(H,73,91)(H,74,87)(H,75,86)(H,76,92)(H,77,93)(H,78,90)(H,79,89)(H,98,99)/t43-,44-,45-,46-,47-,48-,49-,50-,51-,52-,57-/m0/s1. The first-order valence-corrected chi connectivity index (χ1v) is 34.4. The molecule has 0 aromatic heterocycles. The first-order chi connectivity index (χ1) is 47.2. The molecule has 5 aliphatic heterocycles. The molecule has 99 heavy (non-hydrogen) atoms. The van der Waals surface area contributed by atoms with Crippen LogP contribution in [0.3, 0.4) is 0 Å². The van der Waals surface area contributed by atoms with Crippen molar-refractivity contribution in [3.63, 3.8) is 0 Å². The van der Waals surface area contributed by atoms with Gasteiger partial charge in [0.05, 0.1) is 19.1 Å². The number of aliphatic carboxylic acids is 1. The summed E-state index contributed by atoms with van der Waals surface area (Å²) in [4.78, 5) is 210. The monoisotopic (exact) mass is 1380 g/mol. The van der Waals surface area contributed by atoms with Gasteiger partial charge in [-0.3, -0.25) is 67.1 Å². The Labute approximate surface area is 575 Å². The van der Waals surface area contributed by atoms with Crippen molar-refractivity contribution in [3.8, 4) is 0 Å². The van der Waals surface area contributed by atoms with Gasteiger partial charge in [0.15, 0.2) is 0 Å². The smallest absolute Gasteiger partial charge is 0.326 e. The Morgan fingerprint density at radius 2 is 0.939 bits per heavy atom. The number of hydrogen-bond acceptors (Lipinski definition) is 16. The van der Waals surface area contributed by atoms with E-state index in [0.29, 0.717) is 49.8 Å². The zero-order valence-electron chi connectivity index (χ0n) is 56.8. The number of nitrogens with two attached hydrogens (primary N) is 2. The van der Waals surface area contributed by atoms with Crippen molar-refractivity contribution < 1.29 is 77.0 Å². The Morgan fingerprint density at radius 3 is 1.43 bits per heavy atom. The maximum absolute atomic E-state index is 14.7. The molecule has 14 amide bonds. The molecule has 5 saturated heterocycles. The average Bonchev–Trinajstić information content (AvgIpc) is 1.72. The maximum Gasteiger partial charge on any atom is 0.326 e. The lowest BCUT2D eigenvalue weighted by Crippen LogP contribution is -2.60. The summed E-state index contributed by atoms with van der Waals surface area (Å²) in [6.07, 6.45) is 2.55. The van der Waals surface area contributed by atoms with Crippen molar-refractivity contribution in [1.29, 1.82) is 0 Å². The van der Waals surface area contributed by atoms with Crippen LogP contribution >= 0.6 is 0 Å². The molecule has 0 unspecified atom stereocenters. The highest BCUT2D eigenvalue weighted by atomic mass is 16.4. The molecule has 5 aliphatic rings. The molecule has 0 bridgehead atoms. The Balaban J connectivity index is 0.977. The number of nitrogens with one attached hydrogen (secondary N) is 9. The number of hydrogen-bond donors (Lipinski definition) is 12. The highest BCUT2D eigenvalue weighted by molar-refractivity contribution is 6.00. The minimum Gasteiger partial charge on any atom is -0.480 e. The van der Waals surface area contributed by atoms with Crippen molar-refractivity contribution in [2.45, 2.75) is 203 Å². The van der Waals surface area contributed by atoms with E-state index in [9.17, 15) is 77.0 Å². The molecular formula is C68H97N15O16. The van der Waals surface area contributed by atoms with Gasteiger partial charge in [-0.1, -0.05) is 88.4 Å². The summed E-state index contributed by atoms with van der Waals surface area (Å²) in [5.41, 5.74) is 12.2. The van der Waals surface area contributed by atoms with Gasteiger partial charge >= 0.3 is 5.97 Å². The van der Waals surface area contributed by atoms with Crippen LogP contribution in [0.25, 0.3) is 0 Å². The predicted molar refractivity (Wildman–Crippen MR) is 357 cm³/mol. The lowest BCUT2D eigenvalue weighted by Gasteiger charge is -2.32. The van der Waals surface area contributed by atoms with Crippen LogP contribution in [-0.4, -0.2) is 226 Å². The summed E-state index contributed by atoms with van der Waals surface area (Å²) in [5.74, 6) is -11.5. The van der Waals surface area contributed by atoms with Crippen molar-refractivity contribution in [1.82, 2.24) is 67.5 Å². The van der Waals surface area contributed by atoms with Crippen LogP contribution in [0, 0.1) is 11.8 Å². The third kappa shape index (κ3) is 22.0. The van der Waals surface area contributed by atoms with Crippen LogP contribution in [-0.2, 0) is 84.8 Å². The summed E-state index contributed by atoms with van der Waals surface area (Å²) < 4.78 is 0. The molecule has 5 heterocycles. The minimum absolute atomic E-state index is 0.00682. The number of benzene rings is 2. The van der Waals surface area contributed by atoms with E-state index in [1.54, 1.807) is 74.5 Å². The topological polar surface area (TPSA) is 450 Å². The minimum atomic E-state index is -1.46. The van der Waals surface area contributed by atoms with Gasteiger partial charge in [-0.2, -0.15) is 0 Å². The average molecular weight is 1380 g/mol. The number of rotatable bonds is 34. The zero-order valence-corrected chi connectivity index (χ0v) is 56.8. The quantitative estimate of drug-likeness (QED) is 0.0349. The molecule has 0 saturated carbocycles. The number of carboxylic acid groups (broad SMARTS) is 1. The van der Waals surface area contributed by atoms with Gasteiger partial charge in [-0.15, -0.1) is 0 Å². The van der Waals surface area contributed by atoms with Crippen molar-refractivity contribution in [3.05, 3.63) is 71.8 Å². The molecule has 11 atom stereocenters. The lowest BCUT2D eigenvalue weighted by molar-refractivity contribution is -0.152. The molecular weight excluding hydrogens is 1280 g/mol. The molecule has 0 radical (unpaired) electrons. The van der Waals surface area contributed by atoms with Crippen molar-refractivity contribution in [2.75, 3.05) is 45.8 Å². The van der Waals surface area contributed by atoms with Gasteiger partial charge in [0.1, 0.15) is 60.4 Å². The summed E-state index contributed by atoms with van der Waals surface area (Å²) in [6, 6.07) is 5.06. The Morgan fingerprint density at radius 1 is 0.475 bits per heavy atom. The van der Waals surface area contributed by atoms with E-state index < -0.39 is 162 Å². The summed E-state index contributed by atoms with van der Waals surface area (Å²) in [5, 5.41) is 34.3. The zero-order chi connectivity index (χ0) is 72.0. The molecule has 0 aliphatic carbocycles. The highest BCUT2D eigenvalue weighted by Gasteiger charge is 2.45. The van der Waals surface area contributed by atoms with E-state index >= 15 is 0 Å². The second-order valence-corrected chi connectivity index (χ2v) is 26.9. The summed E-state index contributed by atoms with van der Waals surface area (Å²) in [7, 11) is 0. The Bertz CT molecular complexity index is 3260. The third-order valence-corrected chi connectivity index (χ3v) is 18.6. The summed E-state index contributed by atoms with van der Waals surface area (Å²) >= 11 is 0. The van der Waals surface area contributed by atoms with Crippen LogP contribution in [0.15, 0.2) is 60.7 Å². The fourth-order valence-corrected chi connectivity index (χ4v) is 13.4. The molecule has 540 valence electrons. The van der Waals surface area contributed by atoms with Crippen molar-refractivity contribution in [2.24, 2.45) is 23.3 Å². The molecule has 7 rings (SSSR count). The molecule has 5 fully saturated rings. The van der Waals surface area contributed by atoms with Crippen molar-refractivity contribution >= 4 is 88.7 Å². The largest absolute Gasteiger partial charge is 0.480 e. The van der Waals surface area contributed by atoms with Crippen LogP contribution in [0.5, 0.6) is 0 Å². The van der Waals surface area contributed by atoms with Gasteiger partial charge < -0.3 is 84.0 Å². The van der Waals surface area contributed by atoms with Crippen LogP contribution in [0.1, 0.15) is 135 Å². The first-order valence-electron chi connectivity index (χ1n) is 34.4. The van der Waals surface area contributed by atoms with Crippen LogP contribution < -0.4 is 59.3 Å². The van der Waals surface area contributed by atoms with E-state index in [1.165, 1.54) is 19.6 Å². The second-order valence-electron chi connectivity index (χ2n) is 26.9. The number of likely N-dealkylation sites (tertiary alicyclic amines) is 4.